The highest BCUT2D eigenvalue weighted by molar-refractivity contribution is 7.09. The van der Waals surface area contributed by atoms with Gasteiger partial charge in [0.1, 0.15) is 6.04 Å². The molecule has 1 amide bonds. The quantitative estimate of drug-likeness (QED) is 0.737. The molecule has 0 radical (unpaired) electrons. The van der Waals surface area contributed by atoms with Crippen LogP contribution in [0.15, 0.2) is 17.5 Å². The topological polar surface area (TPSA) is 67.4 Å². The van der Waals surface area contributed by atoms with Crippen molar-refractivity contribution in [2.24, 2.45) is 5.92 Å². The number of amides is 1. The Balaban J connectivity index is 2.33. The van der Waals surface area contributed by atoms with Gasteiger partial charge in [0.2, 0.25) is 5.91 Å². The Labute approximate surface area is 117 Å². The van der Waals surface area contributed by atoms with Gasteiger partial charge < -0.3 is 10.1 Å². The van der Waals surface area contributed by atoms with Gasteiger partial charge >= 0.3 is 5.97 Å². The van der Waals surface area contributed by atoms with E-state index in [0.717, 1.165) is 4.88 Å². The number of esters is 1. The van der Waals surface area contributed by atoms with Gasteiger partial charge in [-0.2, -0.15) is 0 Å². The predicted molar refractivity (Wildman–Crippen MR) is 74.8 cm³/mol. The molecule has 1 aromatic heterocycles. The van der Waals surface area contributed by atoms with Crippen molar-refractivity contribution >= 4 is 23.2 Å². The molecule has 0 saturated heterocycles. The summed E-state index contributed by atoms with van der Waals surface area (Å²) in [6.07, 6.45) is 0. The molecule has 0 aromatic carbocycles. The van der Waals surface area contributed by atoms with Crippen molar-refractivity contribution < 1.29 is 14.3 Å². The van der Waals surface area contributed by atoms with Gasteiger partial charge in [-0.25, -0.2) is 0 Å². The van der Waals surface area contributed by atoms with E-state index in [1.807, 2.05) is 31.4 Å². The molecule has 1 aromatic rings. The number of thiophene rings is 1. The molecule has 0 aliphatic rings. The maximum Gasteiger partial charge on any atom is 0.323 e. The summed E-state index contributed by atoms with van der Waals surface area (Å²) in [7, 11) is 1.34. The number of carbonyl (C=O) groups excluding carboxylic acids is 2. The van der Waals surface area contributed by atoms with Crippen LogP contribution in [-0.2, 0) is 20.9 Å². The third-order valence-electron chi connectivity index (χ3n) is 2.64. The summed E-state index contributed by atoms with van der Waals surface area (Å²) in [5.74, 6) is -0.415. The first-order valence-corrected chi connectivity index (χ1v) is 7.03. The summed E-state index contributed by atoms with van der Waals surface area (Å²) in [6, 6.07) is 3.44. The lowest BCUT2D eigenvalue weighted by atomic mass is 10.0. The van der Waals surface area contributed by atoms with Crippen LogP contribution in [0.2, 0.25) is 0 Å². The van der Waals surface area contributed by atoms with Gasteiger partial charge in [-0.3, -0.25) is 14.9 Å². The first-order valence-electron chi connectivity index (χ1n) is 6.15. The van der Waals surface area contributed by atoms with E-state index in [2.05, 4.69) is 10.6 Å². The van der Waals surface area contributed by atoms with Crippen molar-refractivity contribution in [1.29, 1.82) is 0 Å². The Kier molecular flexibility index (Phi) is 6.52. The molecule has 0 saturated carbocycles. The van der Waals surface area contributed by atoms with Crippen LogP contribution in [0.1, 0.15) is 18.7 Å². The molecule has 19 heavy (non-hydrogen) atoms. The number of methoxy groups -OCH3 is 1. The molecule has 5 nitrogen and oxygen atoms in total. The third kappa shape index (κ3) is 5.40. The van der Waals surface area contributed by atoms with Gasteiger partial charge in [0.15, 0.2) is 0 Å². The molecule has 1 heterocycles. The zero-order chi connectivity index (χ0) is 14.3. The molecule has 0 aliphatic carbocycles. The Morgan fingerprint density at radius 2 is 2.16 bits per heavy atom. The Morgan fingerprint density at radius 3 is 2.68 bits per heavy atom. The van der Waals surface area contributed by atoms with Gasteiger partial charge in [-0.15, -0.1) is 11.3 Å². The monoisotopic (exact) mass is 284 g/mol. The summed E-state index contributed by atoms with van der Waals surface area (Å²) in [6.45, 7) is 4.42. The number of hydrogen-bond acceptors (Lipinski definition) is 5. The van der Waals surface area contributed by atoms with E-state index in [1.54, 1.807) is 11.3 Å². The van der Waals surface area contributed by atoms with Crippen LogP contribution < -0.4 is 10.6 Å². The minimum Gasteiger partial charge on any atom is -0.468 e. The van der Waals surface area contributed by atoms with Crippen molar-refractivity contribution in [3.8, 4) is 0 Å². The van der Waals surface area contributed by atoms with Crippen molar-refractivity contribution in [3.63, 3.8) is 0 Å². The summed E-state index contributed by atoms with van der Waals surface area (Å²) in [5, 5.41) is 7.67. The molecular formula is C13H20N2O3S. The molecule has 0 bridgehead atoms. The van der Waals surface area contributed by atoms with Gasteiger partial charge in [0, 0.05) is 4.88 Å². The molecule has 0 aliphatic heterocycles. The van der Waals surface area contributed by atoms with Crippen LogP contribution in [0.4, 0.5) is 0 Å². The van der Waals surface area contributed by atoms with Crippen LogP contribution in [0.5, 0.6) is 0 Å². The van der Waals surface area contributed by atoms with Gasteiger partial charge in [-0.05, 0) is 17.4 Å². The lowest BCUT2D eigenvalue weighted by Gasteiger charge is -2.19. The van der Waals surface area contributed by atoms with E-state index in [0.29, 0.717) is 6.54 Å². The minimum atomic E-state index is -0.461. The highest BCUT2D eigenvalue weighted by atomic mass is 32.1. The number of rotatable bonds is 7. The maximum atomic E-state index is 11.7. The standard InChI is InChI=1S/C13H20N2O3S/c1-9(2)12(13(17)18-3)15-8-11(16)14-7-10-5-4-6-19-10/h4-6,9,12,15H,7-8H2,1-3H3,(H,14,16). The summed E-state index contributed by atoms with van der Waals surface area (Å²) in [5.41, 5.74) is 0. The second kappa shape index (κ2) is 7.91. The molecule has 1 rings (SSSR count). The largest absolute Gasteiger partial charge is 0.468 e. The van der Waals surface area contributed by atoms with E-state index >= 15 is 0 Å². The Morgan fingerprint density at radius 1 is 1.42 bits per heavy atom. The third-order valence-corrected chi connectivity index (χ3v) is 3.52. The normalized spacial score (nSPS) is 12.2. The molecule has 0 fully saturated rings. The van der Waals surface area contributed by atoms with E-state index in [4.69, 9.17) is 4.74 Å². The SMILES string of the molecule is COC(=O)C(NCC(=O)NCc1cccs1)C(C)C. The second-order valence-electron chi connectivity index (χ2n) is 4.48. The van der Waals surface area contributed by atoms with Crippen LogP contribution >= 0.6 is 11.3 Å². The zero-order valence-electron chi connectivity index (χ0n) is 11.4. The molecule has 2 N–H and O–H groups in total. The fraction of sp³-hybridized carbons (Fsp3) is 0.538. The van der Waals surface area contributed by atoms with E-state index in [9.17, 15) is 9.59 Å². The van der Waals surface area contributed by atoms with Crippen LogP contribution in [-0.4, -0.2) is 31.6 Å². The van der Waals surface area contributed by atoms with Gasteiger partial charge in [0.25, 0.3) is 0 Å². The van der Waals surface area contributed by atoms with Gasteiger partial charge in [-0.1, -0.05) is 19.9 Å². The molecule has 1 unspecified atom stereocenters. The van der Waals surface area contributed by atoms with Crippen LogP contribution in [0, 0.1) is 5.92 Å². The minimum absolute atomic E-state index is 0.0672. The second-order valence-corrected chi connectivity index (χ2v) is 5.51. The lowest BCUT2D eigenvalue weighted by Crippen LogP contribution is -2.46. The Bertz CT molecular complexity index is 404. The van der Waals surface area contributed by atoms with Crippen LogP contribution in [0.25, 0.3) is 0 Å². The summed E-state index contributed by atoms with van der Waals surface area (Å²) < 4.78 is 4.69. The molecule has 0 spiro atoms. The number of hydrogen-bond donors (Lipinski definition) is 2. The summed E-state index contributed by atoms with van der Waals surface area (Å²) in [4.78, 5) is 24.2. The average Bonchev–Trinajstić information content (AvgIpc) is 2.88. The van der Waals surface area contributed by atoms with Crippen molar-refractivity contribution in [3.05, 3.63) is 22.4 Å². The molecule has 6 heteroatoms. The first kappa shape index (κ1) is 15.7. The molecule has 1 atom stereocenters. The van der Waals surface area contributed by atoms with E-state index in [-0.39, 0.29) is 24.3 Å². The van der Waals surface area contributed by atoms with E-state index < -0.39 is 6.04 Å². The molecule has 106 valence electrons. The van der Waals surface area contributed by atoms with Crippen LogP contribution in [0.3, 0.4) is 0 Å². The maximum absolute atomic E-state index is 11.7. The summed E-state index contributed by atoms with van der Waals surface area (Å²) >= 11 is 1.59. The number of ether oxygens (including phenoxy) is 1. The fourth-order valence-electron chi connectivity index (χ4n) is 1.58. The number of carbonyl (C=O) groups is 2. The zero-order valence-corrected chi connectivity index (χ0v) is 12.3. The fourth-order valence-corrected chi connectivity index (χ4v) is 2.23. The van der Waals surface area contributed by atoms with Crippen molar-refractivity contribution in [2.75, 3.05) is 13.7 Å². The predicted octanol–water partition coefficient (Wildman–Crippen LogP) is 1.15. The Hall–Kier alpha value is -1.40. The first-order chi connectivity index (χ1) is 9.04. The molecular weight excluding hydrogens is 264 g/mol. The lowest BCUT2D eigenvalue weighted by molar-refractivity contribution is -0.144. The van der Waals surface area contributed by atoms with Gasteiger partial charge in [0.05, 0.1) is 20.2 Å². The highest BCUT2D eigenvalue weighted by Crippen LogP contribution is 2.07. The smallest absolute Gasteiger partial charge is 0.323 e. The van der Waals surface area contributed by atoms with Crippen molar-refractivity contribution in [1.82, 2.24) is 10.6 Å². The van der Waals surface area contributed by atoms with E-state index in [1.165, 1.54) is 7.11 Å². The number of nitrogens with one attached hydrogen (secondary N) is 2. The highest BCUT2D eigenvalue weighted by Gasteiger charge is 2.22. The van der Waals surface area contributed by atoms with Crippen molar-refractivity contribution in [2.45, 2.75) is 26.4 Å². The average molecular weight is 284 g/mol.